The number of esters is 1. The fourth-order valence-electron chi connectivity index (χ4n) is 3.45. The summed E-state index contributed by atoms with van der Waals surface area (Å²) in [6.07, 6.45) is 5.86. The molecule has 0 aliphatic heterocycles. The molecule has 1 N–H and O–H groups in total. The average molecular weight is 363 g/mol. The number of benzene rings is 2. The topological polar surface area (TPSA) is 55.4 Å². The third-order valence-corrected chi connectivity index (χ3v) is 4.83. The maximum absolute atomic E-state index is 12.4. The molecule has 4 heteroatoms. The summed E-state index contributed by atoms with van der Waals surface area (Å²) in [5.74, 6) is -0.224. The van der Waals surface area contributed by atoms with Gasteiger partial charge >= 0.3 is 5.97 Å². The molecule has 2 aromatic rings. The minimum atomic E-state index is -0.160. The minimum Gasteiger partial charge on any atom is -0.469 e. The number of ether oxygens (including phenoxy) is 1. The number of nitrogens with one attached hydrogen (secondary N) is 1. The summed E-state index contributed by atoms with van der Waals surface area (Å²) in [4.78, 5) is 23.4. The van der Waals surface area contributed by atoms with Crippen LogP contribution in [0.3, 0.4) is 0 Å². The first-order valence-corrected chi connectivity index (χ1v) is 9.46. The van der Waals surface area contributed by atoms with Gasteiger partial charge in [0, 0.05) is 19.0 Å². The first-order chi connectivity index (χ1) is 13.2. The fraction of sp³-hybridized carbons (Fsp3) is 0.304. The highest BCUT2D eigenvalue weighted by atomic mass is 16.5. The molecule has 0 radical (unpaired) electrons. The Labute approximate surface area is 160 Å². The van der Waals surface area contributed by atoms with Crippen LogP contribution in [0.4, 0.5) is 0 Å². The predicted molar refractivity (Wildman–Crippen MR) is 107 cm³/mol. The highest BCUT2D eigenvalue weighted by Crippen LogP contribution is 2.43. The molecular weight excluding hydrogens is 338 g/mol. The Hall–Kier alpha value is -2.88. The number of hydrogen-bond acceptors (Lipinski definition) is 3. The van der Waals surface area contributed by atoms with Gasteiger partial charge in [-0.1, -0.05) is 61.4 Å². The first-order valence-electron chi connectivity index (χ1n) is 9.46. The average Bonchev–Trinajstić information content (AvgIpc) is 3.01. The molecule has 0 spiro atoms. The van der Waals surface area contributed by atoms with Crippen molar-refractivity contribution < 1.29 is 14.3 Å². The molecule has 0 unspecified atom stereocenters. The largest absolute Gasteiger partial charge is 0.469 e. The summed E-state index contributed by atoms with van der Waals surface area (Å²) < 4.78 is 4.62. The summed E-state index contributed by atoms with van der Waals surface area (Å²) in [6, 6.07) is 16.4. The van der Waals surface area contributed by atoms with E-state index in [-0.39, 0.29) is 11.9 Å². The van der Waals surface area contributed by atoms with Crippen LogP contribution in [0.2, 0.25) is 0 Å². The van der Waals surface area contributed by atoms with Gasteiger partial charge in [-0.05, 0) is 40.7 Å². The first kappa shape index (κ1) is 18.9. The van der Waals surface area contributed by atoms with Crippen molar-refractivity contribution in [1.29, 1.82) is 0 Å². The van der Waals surface area contributed by atoms with Crippen LogP contribution in [0, 0.1) is 0 Å². The zero-order valence-electron chi connectivity index (χ0n) is 15.7. The summed E-state index contributed by atoms with van der Waals surface area (Å²) in [5, 5.41) is 2.98. The lowest BCUT2D eigenvalue weighted by molar-refractivity contribution is -0.140. The molecule has 0 bridgehead atoms. The van der Waals surface area contributed by atoms with Crippen LogP contribution in [0.5, 0.6) is 0 Å². The third-order valence-electron chi connectivity index (χ3n) is 4.83. The van der Waals surface area contributed by atoms with Gasteiger partial charge in [-0.2, -0.15) is 0 Å². The summed E-state index contributed by atoms with van der Waals surface area (Å²) in [5.41, 5.74) is 5.56. The molecule has 140 valence electrons. The highest BCUT2D eigenvalue weighted by Gasteiger charge is 2.22. The van der Waals surface area contributed by atoms with E-state index < -0.39 is 0 Å². The lowest BCUT2D eigenvalue weighted by Crippen LogP contribution is -2.22. The number of unbranched alkanes of at least 4 members (excludes halogenated alkanes) is 3. The van der Waals surface area contributed by atoms with Crippen LogP contribution in [0.1, 0.15) is 43.2 Å². The van der Waals surface area contributed by atoms with Crippen LogP contribution in [-0.2, 0) is 14.3 Å². The molecule has 27 heavy (non-hydrogen) atoms. The summed E-state index contributed by atoms with van der Waals surface area (Å²) >= 11 is 0. The van der Waals surface area contributed by atoms with E-state index in [2.05, 4.69) is 34.3 Å². The van der Waals surface area contributed by atoms with Gasteiger partial charge in [0.25, 0.3) is 0 Å². The van der Waals surface area contributed by atoms with Gasteiger partial charge in [0.2, 0.25) is 5.91 Å². The molecule has 0 heterocycles. The van der Waals surface area contributed by atoms with Crippen LogP contribution in [0.25, 0.3) is 16.7 Å². The minimum absolute atomic E-state index is 0.0638. The van der Waals surface area contributed by atoms with Crippen molar-refractivity contribution in [3.63, 3.8) is 0 Å². The summed E-state index contributed by atoms with van der Waals surface area (Å²) in [7, 11) is 1.41. The van der Waals surface area contributed by atoms with E-state index in [0.717, 1.165) is 42.4 Å². The maximum atomic E-state index is 12.4. The second kappa shape index (κ2) is 9.17. The van der Waals surface area contributed by atoms with Crippen LogP contribution < -0.4 is 5.32 Å². The highest BCUT2D eigenvalue weighted by molar-refractivity contribution is 6.08. The number of carbonyl (C=O) groups excluding carboxylic acids is 2. The normalized spacial score (nSPS) is 11.5. The molecule has 0 atom stereocenters. The van der Waals surface area contributed by atoms with Crippen molar-refractivity contribution in [3.05, 3.63) is 65.7 Å². The number of carbonyl (C=O) groups is 2. The number of amides is 1. The molecule has 0 fully saturated rings. The lowest BCUT2D eigenvalue weighted by atomic mass is 10.0. The van der Waals surface area contributed by atoms with E-state index in [1.165, 1.54) is 18.2 Å². The molecule has 3 rings (SSSR count). The number of rotatable bonds is 8. The molecule has 1 aliphatic rings. The van der Waals surface area contributed by atoms with E-state index >= 15 is 0 Å². The second-order valence-electron chi connectivity index (χ2n) is 6.68. The van der Waals surface area contributed by atoms with Gasteiger partial charge in [0.15, 0.2) is 0 Å². The Bertz CT molecular complexity index is 807. The lowest BCUT2D eigenvalue weighted by Gasteiger charge is -2.05. The van der Waals surface area contributed by atoms with Crippen molar-refractivity contribution in [1.82, 2.24) is 5.32 Å². The molecule has 1 aliphatic carbocycles. The molecule has 1 amide bonds. The monoisotopic (exact) mass is 363 g/mol. The maximum Gasteiger partial charge on any atom is 0.305 e. The number of hydrogen-bond donors (Lipinski definition) is 1. The van der Waals surface area contributed by atoms with Gasteiger partial charge < -0.3 is 10.1 Å². The second-order valence-corrected chi connectivity index (χ2v) is 6.68. The Morgan fingerprint density at radius 1 is 0.852 bits per heavy atom. The molecule has 0 aromatic heterocycles. The molecule has 0 saturated carbocycles. The van der Waals surface area contributed by atoms with Crippen LogP contribution in [-0.4, -0.2) is 25.5 Å². The smallest absolute Gasteiger partial charge is 0.305 e. The van der Waals surface area contributed by atoms with Gasteiger partial charge in [0.1, 0.15) is 0 Å². The van der Waals surface area contributed by atoms with Crippen molar-refractivity contribution in [3.8, 4) is 11.1 Å². The predicted octanol–water partition coefficient (Wildman–Crippen LogP) is 4.34. The van der Waals surface area contributed by atoms with Gasteiger partial charge in [-0.3, -0.25) is 9.59 Å². The van der Waals surface area contributed by atoms with E-state index in [0.29, 0.717) is 13.0 Å². The van der Waals surface area contributed by atoms with Crippen molar-refractivity contribution in [2.75, 3.05) is 13.7 Å². The standard InChI is InChI=1S/C23H25NO3/c1-27-23(26)14-4-2-3-9-15-24-22(25)16-21-19-12-7-5-10-17(19)18-11-6-8-13-20(18)21/h5-8,10-13,16H,2-4,9,14-15H2,1H3,(H,24,25). The quantitative estimate of drug-likeness (QED) is 0.368. The third kappa shape index (κ3) is 4.64. The number of methoxy groups -OCH3 is 1. The molecule has 2 aromatic carbocycles. The Morgan fingerprint density at radius 2 is 1.41 bits per heavy atom. The molecular formula is C23H25NO3. The summed E-state index contributed by atoms with van der Waals surface area (Å²) in [6.45, 7) is 0.643. The Kier molecular flexibility index (Phi) is 6.42. The van der Waals surface area contributed by atoms with Crippen molar-refractivity contribution in [2.24, 2.45) is 0 Å². The van der Waals surface area contributed by atoms with Gasteiger partial charge in [-0.15, -0.1) is 0 Å². The Morgan fingerprint density at radius 3 is 2.00 bits per heavy atom. The van der Waals surface area contributed by atoms with E-state index in [1.807, 2.05) is 24.3 Å². The SMILES string of the molecule is COC(=O)CCCCCCNC(=O)C=C1c2ccccc2-c2ccccc21. The molecule has 0 saturated heterocycles. The number of fused-ring (bicyclic) bond motifs is 3. The Balaban J connectivity index is 1.53. The van der Waals surface area contributed by atoms with Crippen molar-refractivity contribution in [2.45, 2.75) is 32.1 Å². The van der Waals surface area contributed by atoms with E-state index in [1.54, 1.807) is 6.08 Å². The zero-order chi connectivity index (χ0) is 19.1. The van der Waals surface area contributed by atoms with Crippen LogP contribution >= 0.6 is 0 Å². The zero-order valence-corrected chi connectivity index (χ0v) is 15.7. The van der Waals surface area contributed by atoms with Crippen molar-refractivity contribution >= 4 is 17.4 Å². The van der Waals surface area contributed by atoms with E-state index in [4.69, 9.17) is 0 Å². The van der Waals surface area contributed by atoms with Gasteiger partial charge in [0.05, 0.1) is 7.11 Å². The van der Waals surface area contributed by atoms with E-state index in [9.17, 15) is 9.59 Å². The fourth-order valence-corrected chi connectivity index (χ4v) is 3.45. The van der Waals surface area contributed by atoms with Crippen LogP contribution in [0.15, 0.2) is 54.6 Å². The molecule has 4 nitrogen and oxygen atoms in total. The van der Waals surface area contributed by atoms with Gasteiger partial charge in [-0.25, -0.2) is 0 Å².